The van der Waals surface area contributed by atoms with Gasteiger partial charge >= 0.3 is 0 Å². The molecule has 0 amide bonds. The van der Waals surface area contributed by atoms with Crippen molar-refractivity contribution in [2.75, 3.05) is 0 Å². The van der Waals surface area contributed by atoms with Crippen molar-refractivity contribution in [1.29, 1.82) is 5.26 Å². The zero-order valence-corrected chi connectivity index (χ0v) is 9.50. The Labute approximate surface area is 93.3 Å². The molecule has 1 heterocycles. The molecule has 2 N–H and O–H groups in total. The Kier molecular flexibility index (Phi) is 3.35. The predicted octanol–water partition coefficient (Wildman–Crippen LogP) is 1.27. The minimum absolute atomic E-state index is 0.0452. The van der Waals surface area contributed by atoms with Gasteiger partial charge in [0.1, 0.15) is 11.6 Å². The zero-order chi connectivity index (χ0) is 12.3. The number of nitrogens with zero attached hydrogens (tertiary/aromatic N) is 1. The van der Waals surface area contributed by atoms with Gasteiger partial charge in [-0.15, -0.1) is 0 Å². The highest BCUT2D eigenvalue weighted by Crippen LogP contribution is 2.18. The van der Waals surface area contributed by atoms with E-state index in [1.807, 2.05) is 26.8 Å². The molecular formula is C11H14N2O3. The number of ether oxygens (including phenoxy) is 1. The second kappa shape index (κ2) is 4.37. The highest BCUT2D eigenvalue weighted by molar-refractivity contribution is 5.43. The summed E-state index contributed by atoms with van der Waals surface area (Å²) in [5.41, 5.74) is -0.392. The lowest BCUT2D eigenvalue weighted by atomic mass is 10.1. The van der Waals surface area contributed by atoms with Crippen LogP contribution >= 0.6 is 0 Å². The summed E-state index contributed by atoms with van der Waals surface area (Å²) in [4.78, 5) is 13.3. The van der Waals surface area contributed by atoms with E-state index in [2.05, 4.69) is 4.98 Å². The van der Waals surface area contributed by atoms with Crippen molar-refractivity contribution in [2.45, 2.75) is 33.0 Å². The quantitative estimate of drug-likeness (QED) is 0.788. The molecule has 0 aliphatic heterocycles. The van der Waals surface area contributed by atoms with Crippen LogP contribution in [0.2, 0.25) is 0 Å². The van der Waals surface area contributed by atoms with Crippen molar-refractivity contribution in [3.63, 3.8) is 0 Å². The normalized spacial score (nSPS) is 11.1. The summed E-state index contributed by atoms with van der Waals surface area (Å²) in [5.74, 6) is -0.414. The Morgan fingerprint density at radius 3 is 2.69 bits per heavy atom. The van der Waals surface area contributed by atoms with Gasteiger partial charge in [0.15, 0.2) is 0 Å². The molecule has 1 rings (SSSR count). The molecular weight excluding hydrogens is 208 g/mol. The number of hydrogen-bond acceptors (Lipinski definition) is 4. The first-order chi connectivity index (χ1) is 7.33. The predicted molar refractivity (Wildman–Crippen MR) is 58.0 cm³/mol. The van der Waals surface area contributed by atoms with Gasteiger partial charge in [0.25, 0.3) is 5.56 Å². The van der Waals surface area contributed by atoms with Crippen LogP contribution in [0.1, 0.15) is 31.9 Å². The average molecular weight is 222 g/mol. The molecule has 0 saturated heterocycles. The second-order valence-corrected chi connectivity index (χ2v) is 4.40. The molecule has 0 bridgehead atoms. The first-order valence-electron chi connectivity index (χ1n) is 4.83. The average Bonchev–Trinajstić information content (AvgIpc) is 2.12. The standard InChI is InChI=1S/C11H14N2O3/c1-11(2,3)16-6-7-4-9(14)13-10(15)8(7)5-12/h4H,6H2,1-3H3,(H2,13,14,15). The minimum atomic E-state index is -0.455. The summed E-state index contributed by atoms with van der Waals surface area (Å²) in [7, 11) is 0. The number of H-pyrrole nitrogens is 1. The smallest absolute Gasteiger partial charge is 0.251 e. The third-order valence-electron chi connectivity index (χ3n) is 1.88. The van der Waals surface area contributed by atoms with Crippen LogP contribution in [0.4, 0.5) is 0 Å². The fraction of sp³-hybridized carbons (Fsp3) is 0.455. The van der Waals surface area contributed by atoms with Gasteiger partial charge in [-0.25, -0.2) is 0 Å². The fourth-order valence-electron chi connectivity index (χ4n) is 1.13. The van der Waals surface area contributed by atoms with Crippen molar-refractivity contribution in [3.8, 4) is 11.9 Å². The molecule has 0 radical (unpaired) electrons. The summed E-state index contributed by atoms with van der Waals surface area (Å²) in [5, 5.41) is 18.2. The SMILES string of the molecule is CC(C)(C)OCc1cc(=O)[nH]c(O)c1C#N. The summed E-state index contributed by atoms with van der Waals surface area (Å²) >= 11 is 0. The number of aromatic amines is 1. The highest BCUT2D eigenvalue weighted by atomic mass is 16.5. The fourth-order valence-corrected chi connectivity index (χ4v) is 1.13. The molecule has 0 fully saturated rings. The van der Waals surface area contributed by atoms with Gasteiger partial charge in [0.05, 0.1) is 12.2 Å². The molecule has 1 aromatic rings. The Bertz CT molecular complexity index is 477. The van der Waals surface area contributed by atoms with Crippen molar-refractivity contribution in [2.24, 2.45) is 0 Å². The largest absolute Gasteiger partial charge is 0.494 e. The van der Waals surface area contributed by atoms with Crippen LogP contribution in [0.25, 0.3) is 0 Å². The maximum absolute atomic E-state index is 11.1. The maximum atomic E-state index is 11.1. The zero-order valence-electron chi connectivity index (χ0n) is 9.50. The van der Waals surface area contributed by atoms with Crippen LogP contribution in [0, 0.1) is 11.3 Å². The molecule has 0 unspecified atom stereocenters. The van der Waals surface area contributed by atoms with Gasteiger partial charge in [0.2, 0.25) is 5.88 Å². The number of pyridine rings is 1. The van der Waals surface area contributed by atoms with E-state index < -0.39 is 11.4 Å². The molecule has 86 valence electrons. The van der Waals surface area contributed by atoms with E-state index in [-0.39, 0.29) is 17.8 Å². The van der Waals surface area contributed by atoms with Crippen LogP contribution in [-0.2, 0) is 11.3 Å². The minimum Gasteiger partial charge on any atom is -0.494 e. The van der Waals surface area contributed by atoms with Gasteiger partial charge in [-0.2, -0.15) is 5.26 Å². The van der Waals surface area contributed by atoms with Crippen LogP contribution in [0.3, 0.4) is 0 Å². The van der Waals surface area contributed by atoms with Gasteiger partial charge in [-0.3, -0.25) is 9.78 Å². The van der Waals surface area contributed by atoms with E-state index in [1.54, 1.807) is 0 Å². The van der Waals surface area contributed by atoms with E-state index in [0.717, 1.165) is 0 Å². The van der Waals surface area contributed by atoms with E-state index in [1.165, 1.54) is 6.07 Å². The second-order valence-electron chi connectivity index (χ2n) is 4.40. The summed E-state index contributed by atoms with van der Waals surface area (Å²) in [6.45, 7) is 5.72. The van der Waals surface area contributed by atoms with E-state index in [4.69, 9.17) is 10.00 Å². The number of aromatic nitrogens is 1. The van der Waals surface area contributed by atoms with Gasteiger partial charge in [-0.05, 0) is 20.8 Å². The van der Waals surface area contributed by atoms with E-state index in [9.17, 15) is 9.90 Å². The van der Waals surface area contributed by atoms with Crippen LogP contribution in [0.15, 0.2) is 10.9 Å². The maximum Gasteiger partial charge on any atom is 0.251 e. The number of hydrogen-bond donors (Lipinski definition) is 2. The first-order valence-corrected chi connectivity index (χ1v) is 4.83. The lowest BCUT2D eigenvalue weighted by Gasteiger charge is -2.19. The van der Waals surface area contributed by atoms with Gasteiger partial charge in [0, 0.05) is 11.6 Å². The van der Waals surface area contributed by atoms with Crippen LogP contribution < -0.4 is 5.56 Å². The molecule has 0 atom stereocenters. The number of nitrogens with one attached hydrogen (secondary N) is 1. The van der Waals surface area contributed by atoms with Crippen molar-refractivity contribution >= 4 is 0 Å². The number of nitriles is 1. The first kappa shape index (κ1) is 12.3. The van der Waals surface area contributed by atoms with E-state index >= 15 is 0 Å². The van der Waals surface area contributed by atoms with Crippen molar-refractivity contribution < 1.29 is 9.84 Å². The van der Waals surface area contributed by atoms with E-state index in [0.29, 0.717) is 5.56 Å². The molecule has 0 spiro atoms. The summed E-state index contributed by atoms with van der Waals surface area (Å²) < 4.78 is 5.45. The number of aromatic hydroxyl groups is 1. The molecule has 5 heteroatoms. The molecule has 1 aromatic heterocycles. The Morgan fingerprint density at radius 2 is 2.19 bits per heavy atom. The van der Waals surface area contributed by atoms with Gasteiger partial charge in [-0.1, -0.05) is 0 Å². The molecule has 0 aliphatic carbocycles. The third-order valence-corrected chi connectivity index (χ3v) is 1.88. The molecule has 16 heavy (non-hydrogen) atoms. The topological polar surface area (TPSA) is 86.1 Å². The lowest BCUT2D eigenvalue weighted by molar-refractivity contribution is -0.0151. The highest BCUT2D eigenvalue weighted by Gasteiger charge is 2.14. The number of rotatable bonds is 2. The molecule has 0 saturated carbocycles. The van der Waals surface area contributed by atoms with Crippen LogP contribution in [-0.4, -0.2) is 15.7 Å². The molecule has 5 nitrogen and oxygen atoms in total. The Balaban J connectivity index is 3.05. The van der Waals surface area contributed by atoms with Crippen molar-refractivity contribution in [3.05, 3.63) is 27.5 Å². The third kappa shape index (κ3) is 3.11. The lowest BCUT2D eigenvalue weighted by Crippen LogP contribution is -2.20. The van der Waals surface area contributed by atoms with Crippen LogP contribution in [0.5, 0.6) is 5.88 Å². The Morgan fingerprint density at radius 1 is 1.56 bits per heavy atom. The molecule has 0 aliphatic rings. The monoisotopic (exact) mass is 222 g/mol. The Hall–Kier alpha value is -1.80. The summed E-state index contributed by atoms with van der Waals surface area (Å²) in [6.07, 6.45) is 0. The van der Waals surface area contributed by atoms with Crippen molar-refractivity contribution in [1.82, 2.24) is 4.98 Å². The summed E-state index contributed by atoms with van der Waals surface area (Å²) in [6, 6.07) is 3.08. The molecule has 0 aromatic carbocycles. The van der Waals surface area contributed by atoms with Gasteiger partial charge < -0.3 is 9.84 Å².